The summed E-state index contributed by atoms with van der Waals surface area (Å²) in [5, 5.41) is 3.44. The molecule has 13 heteroatoms. The Morgan fingerprint density at radius 2 is 1.76 bits per heavy atom. The topological polar surface area (TPSA) is 79.0 Å². The molecule has 4 atom stereocenters. The molecule has 4 aliphatic rings. The fourth-order valence-electron chi connectivity index (χ4n) is 6.75. The summed E-state index contributed by atoms with van der Waals surface area (Å²) in [6.07, 6.45) is 2.34. The smallest absolute Gasteiger partial charge is 0.312 e. The average molecular weight is 659 g/mol. The highest BCUT2D eigenvalue weighted by atomic mass is 35.5. The van der Waals surface area contributed by atoms with Gasteiger partial charge in [-0.3, -0.25) is 19.3 Å². The van der Waals surface area contributed by atoms with Crippen LogP contribution < -0.4 is 10.2 Å². The molecule has 1 N–H and O–H groups in total. The van der Waals surface area contributed by atoms with Crippen LogP contribution in [0, 0.1) is 17.8 Å². The van der Waals surface area contributed by atoms with Crippen molar-refractivity contribution in [2.24, 2.45) is 17.8 Å². The van der Waals surface area contributed by atoms with Crippen LogP contribution in [0.4, 0.5) is 20.2 Å². The quantitative estimate of drug-likeness (QED) is 0.269. The monoisotopic (exact) mass is 657 g/mol. The van der Waals surface area contributed by atoms with E-state index in [-0.39, 0.29) is 50.4 Å². The number of hydrogen-bond donors (Lipinski definition) is 1. The van der Waals surface area contributed by atoms with Crippen LogP contribution in [0.15, 0.2) is 43.0 Å². The Kier molecular flexibility index (Phi) is 7.50. The molecular weight excluding hydrogens is 634 g/mol. The van der Waals surface area contributed by atoms with Crippen molar-refractivity contribution in [2.75, 3.05) is 29.9 Å². The third-order valence-corrected chi connectivity index (χ3v) is 9.43. The Bertz CT molecular complexity index is 1500. The van der Waals surface area contributed by atoms with Gasteiger partial charge in [-0.1, -0.05) is 59.1 Å². The Hall–Kier alpha value is -2.43. The first-order valence-corrected chi connectivity index (χ1v) is 14.9. The van der Waals surface area contributed by atoms with Gasteiger partial charge in [0.1, 0.15) is 18.1 Å². The zero-order valence-corrected chi connectivity index (χ0v) is 25.0. The minimum Gasteiger partial charge on any atom is -0.461 e. The van der Waals surface area contributed by atoms with Crippen molar-refractivity contribution in [1.82, 2.24) is 4.90 Å². The lowest BCUT2D eigenvalue weighted by molar-refractivity contribution is -0.158. The molecule has 0 bridgehead atoms. The van der Waals surface area contributed by atoms with Gasteiger partial charge < -0.3 is 15.0 Å². The van der Waals surface area contributed by atoms with Gasteiger partial charge in [-0.15, -0.1) is 0 Å². The van der Waals surface area contributed by atoms with Gasteiger partial charge in [-0.25, -0.2) is 8.78 Å². The first kappa shape index (κ1) is 29.6. The van der Waals surface area contributed by atoms with E-state index in [0.29, 0.717) is 5.69 Å². The number of halogens is 6. The van der Waals surface area contributed by atoms with Crippen LogP contribution in [0.5, 0.6) is 0 Å². The molecule has 0 radical (unpaired) electrons. The van der Waals surface area contributed by atoms with Crippen LogP contribution in [0.1, 0.15) is 24.8 Å². The van der Waals surface area contributed by atoms with Crippen molar-refractivity contribution in [3.8, 4) is 0 Å². The number of benzene rings is 2. The first-order valence-electron chi connectivity index (χ1n) is 13.4. The van der Waals surface area contributed by atoms with Crippen molar-refractivity contribution < 1.29 is 27.9 Å². The van der Waals surface area contributed by atoms with Gasteiger partial charge >= 0.3 is 5.97 Å². The van der Waals surface area contributed by atoms with Gasteiger partial charge in [0, 0.05) is 45.3 Å². The summed E-state index contributed by atoms with van der Waals surface area (Å²) in [6, 6.07) is 6.26. The zero-order chi connectivity index (χ0) is 30.1. The van der Waals surface area contributed by atoms with E-state index >= 15 is 8.78 Å². The maximum atomic E-state index is 15.3. The molecule has 3 heterocycles. The number of carbonyl (C=O) groups excluding carboxylic acids is 3. The van der Waals surface area contributed by atoms with Crippen LogP contribution >= 0.6 is 46.4 Å². The summed E-state index contributed by atoms with van der Waals surface area (Å²) in [4.78, 5) is 45.5. The van der Waals surface area contributed by atoms with Crippen molar-refractivity contribution in [1.29, 1.82) is 0 Å². The third-order valence-electron chi connectivity index (χ3n) is 8.48. The lowest BCUT2D eigenvalue weighted by Gasteiger charge is -2.36. The number of nitrogens with one attached hydrogen (secondary N) is 1. The summed E-state index contributed by atoms with van der Waals surface area (Å²) in [7, 11) is 0. The summed E-state index contributed by atoms with van der Waals surface area (Å²) < 4.78 is 36.0. The molecule has 1 unspecified atom stereocenters. The summed E-state index contributed by atoms with van der Waals surface area (Å²) in [5.74, 6) is -8.28. The Balaban J connectivity index is 1.56. The standard InChI is InChI=1S/C29H25Cl4F2N3O4/c1-2-5-42-26(40)23-22(25(39)37(12-14-3-4-14)18-7-15(30)6-16(31)8-18)21-11-28(34,35)13-38(21)29(23)19-9-17(32)10-20(33)24(19)36-27(29)41/h2,6-10,14,21-23H,1,3-5,11-13H2,(H,36,41)/t21-,22+,23+,29?/m0/s1. The lowest BCUT2D eigenvalue weighted by atomic mass is 9.73. The maximum absolute atomic E-state index is 15.3. The minimum atomic E-state index is -3.25. The second kappa shape index (κ2) is 10.6. The number of ether oxygens (including phenoxy) is 1. The number of esters is 1. The third kappa shape index (κ3) is 4.78. The summed E-state index contributed by atoms with van der Waals surface area (Å²) in [5.41, 5.74) is -1.39. The lowest BCUT2D eigenvalue weighted by Crippen LogP contribution is -2.55. The summed E-state index contributed by atoms with van der Waals surface area (Å²) >= 11 is 25.4. The molecule has 1 spiro atoms. The van der Waals surface area contributed by atoms with E-state index in [9.17, 15) is 14.4 Å². The van der Waals surface area contributed by atoms with Crippen LogP contribution in [-0.2, 0) is 24.7 Å². The largest absolute Gasteiger partial charge is 0.461 e. The van der Waals surface area contributed by atoms with E-state index in [0.717, 1.165) is 12.8 Å². The Labute approximate surface area is 260 Å². The highest BCUT2D eigenvalue weighted by molar-refractivity contribution is 6.38. The Morgan fingerprint density at radius 3 is 2.40 bits per heavy atom. The van der Waals surface area contributed by atoms with Crippen molar-refractivity contribution in [2.45, 2.75) is 36.8 Å². The number of anilines is 2. The van der Waals surface area contributed by atoms with Crippen LogP contribution in [-0.4, -0.2) is 54.3 Å². The second-order valence-corrected chi connectivity index (χ2v) is 12.9. The molecule has 1 saturated carbocycles. The molecule has 3 fully saturated rings. The number of alkyl halides is 2. The number of nitrogens with zero attached hydrogens (tertiary/aromatic N) is 2. The number of rotatable bonds is 7. The number of amides is 2. The minimum absolute atomic E-state index is 0.0714. The van der Waals surface area contributed by atoms with Crippen molar-refractivity contribution in [3.05, 3.63) is 68.6 Å². The van der Waals surface area contributed by atoms with E-state index in [1.54, 1.807) is 12.1 Å². The van der Waals surface area contributed by atoms with Gasteiger partial charge in [0.15, 0.2) is 0 Å². The van der Waals surface area contributed by atoms with E-state index in [4.69, 9.17) is 51.1 Å². The predicted molar refractivity (Wildman–Crippen MR) is 157 cm³/mol. The van der Waals surface area contributed by atoms with Crippen LogP contribution in [0.2, 0.25) is 20.1 Å². The molecule has 3 aliphatic heterocycles. The highest BCUT2D eigenvalue weighted by Crippen LogP contribution is 2.61. The molecule has 2 aromatic carbocycles. The fraction of sp³-hybridized carbons (Fsp3) is 0.414. The van der Waals surface area contributed by atoms with Gasteiger partial charge in [0.05, 0.1) is 23.2 Å². The van der Waals surface area contributed by atoms with E-state index in [1.807, 2.05) is 0 Å². The van der Waals surface area contributed by atoms with E-state index in [2.05, 4.69) is 11.9 Å². The molecule has 222 valence electrons. The van der Waals surface area contributed by atoms with Crippen LogP contribution in [0.3, 0.4) is 0 Å². The maximum Gasteiger partial charge on any atom is 0.312 e. The predicted octanol–water partition coefficient (Wildman–Crippen LogP) is 6.58. The van der Waals surface area contributed by atoms with Crippen LogP contribution in [0.25, 0.3) is 0 Å². The molecule has 2 amide bonds. The molecule has 0 aromatic heterocycles. The SMILES string of the molecule is C=CCOC(=O)[C@H]1[C@H](C(=O)N(CC2CC2)c2cc(Cl)cc(Cl)c2)[C@@H]2CC(F)(F)CN2C12C(=O)Nc1c(Cl)cc(Cl)cc12. The normalized spacial score (nSPS) is 27.5. The van der Waals surface area contributed by atoms with Gasteiger partial charge in [0.2, 0.25) is 5.91 Å². The first-order chi connectivity index (χ1) is 19.9. The van der Waals surface area contributed by atoms with Crippen molar-refractivity contribution >= 4 is 75.6 Å². The molecule has 7 nitrogen and oxygen atoms in total. The molecule has 1 aliphatic carbocycles. The van der Waals surface area contributed by atoms with E-state index < -0.39 is 60.1 Å². The summed E-state index contributed by atoms with van der Waals surface area (Å²) in [6.45, 7) is 2.76. The Morgan fingerprint density at radius 1 is 1.10 bits per heavy atom. The van der Waals surface area contributed by atoms with Gasteiger partial charge in [-0.2, -0.15) is 0 Å². The zero-order valence-electron chi connectivity index (χ0n) is 22.0. The van der Waals surface area contributed by atoms with Gasteiger partial charge in [-0.05, 0) is 49.1 Å². The second-order valence-electron chi connectivity index (χ2n) is 11.2. The van der Waals surface area contributed by atoms with E-state index in [1.165, 1.54) is 34.1 Å². The molecule has 6 rings (SSSR count). The molecule has 42 heavy (non-hydrogen) atoms. The average Bonchev–Trinajstić information content (AvgIpc) is 3.53. The number of fused-ring (bicyclic) bond motifs is 4. The van der Waals surface area contributed by atoms with Gasteiger partial charge in [0.25, 0.3) is 11.8 Å². The van der Waals surface area contributed by atoms with Crippen molar-refractivity contribution in [3.63, 3.8) is 0 Å². The molecular formula is C29H25Cl4F2N3O4. The molecule has 2 saturated heterocycles. The number of hydrogen-bond acceptors (Lipinski definition) is 5. The fourth-order valence-corrected chi connectivity index (χ4v) is 7.81. The highest BCUT2D eigenvalue weighted by Gasteiger charge is 2.75. The number of carbonyl (C=O) groups is 3. The molecule has 2 aromatic rings.